The number of sulfonamides is 1. The standard InChI is InChI=1S/C29H32Cl2FN3O4S/c1-3-5-17-33-29(37)27(4-2)34(19-21-11-12-22(30)18-26(21)31)28(36)20-35(24-15-13-23(32)14-16-24)40(38,39)25-9-7-6-8-10-25/h6-16,18,27H,3-5,17,19-20H2,1-2H3,(H,33,37). The maximum Gasteiger partial charge on any atom is 0.264 e. The molecule has 0 saturated carbocycles. The molecule has 1 unspecified atom stereocenters. The molecule has 2 amide bonds. The summed E-state index contributed by atoms with van der Waals surface area (Å²) in [4.78, 5) is 28.5. The van der Waals surface area contributed by atoms with Gasteiger partial charge in [0, 0.05) is 23.1 Å². The number of nitrogens with zero attached hydrogens (tertiary/aromatic N) is 2. The Morgan fingerprint density at radius 3 is 2.25 bits per heavy atom. The predicted molar refractivity (Wildman–Crippen MR) is 156 cm³/mol. The van der Waals surface area contributed by atoms with Crippen molar-refractivity contribution in [3.63, 3.8) is 0 Å². The lowest BCUT2D eigenvalue weighted by atomic mass is 10.1. The van der Waals surface area contributed by atoms with Crippen molar-refractivity contribution in [2.24, 2.45) is 0 Å². The van der Waals surface area contributed by atoms with E-state index in [1.165, 1.54) is 35.2 Å². The summed E-state index contributed by atoms with van der Waals surface area (Å²) in [5.74, 6) is -1.54. The lowest BCUT2D eigenvalue weighted by Gasteiger charge is -2.33. The lowest BCUT2D eigenvalue weighted by Crippen LogP contribution is -2.52. The number of rotatable bonds is 13. The maximum atomic E-state index is 14.0. The van der Waals surface area contributed by atoms with E-state index in [-0.39, 0.29) is 29.5 Å². The third kappa shape index (κ3) is 7.96. The fourth-order valence-corrected chi connectivity index (χ4v) is 6.02. The van der Waals surface area contributed by atoms with Crippen LogP contribution in [0.3, 0.4) is 0 Å². The van der Waals surface area contributed by atoms with E-state index in [1.54, 1.807) is 37.3 Å². The van der Waals surface area contributed by atoms with Crippen molar-refractivity contribution in [2.45, 2.75) is 50.6 Å². The van der Waals surface area contributed by atoms with Gasteiger partial charge in [-0.25, -0.2) is 12.8 Å². The highest BCUT2D eigenvalue weighted by atomic mass is 35.5. The number of hydrogen-bond donors (Lipinski definition) is 1. The van der Waals surface area contributed by atoms with Gasteiger partial charge in [0.2, 0.25) is 11.8 Å². The molecule has 0 aliphatic rings. The van der Waals surface area contributed by atoms with Crippen LogP contribution in [0.5, 0.6) is 0 Å². The first-order chi connectivity index (χ1) is 19.1. The smallest absolute Gasteiger partial charge is 0.264 e. The molecule has 0 aliphatic heterocycles. The molecule has 7 nitrogen and oxygen atoms in total. The molecule has 3 aromatic rings. The molecule has 1 atom stereocenters. The van der Waals surface area contributed by atoms with Gasteiger partial charge < -0.3 is 10.2 Å². The van der Waals surface area contributed by atoms with E-state index in [2.05, 4.69) is 5.32 Å². The zero-order valence-electron chi connectivity index (χ0n) is 22.3. The third-order valence-corrected chi connectivity index (χ3v) is 8.67. The van der Waals surface area contributed by atoms with Gasteiger partial charge in [-0.1, -0.05) is 67.7 Å². The average Bonchev–Trinajstić information content (AvgIpc) is 2.93. The van der Waals surface area contributed by atoms with Crippen LogP contribution >= 0.6 is 23.2 Å². The number of hydrogen-bond acceptors (Lipinski definition) is 4. The first-order valence-corrected chi connectivity index (χ1v) is 15.1. The number of carbonyl (C=O) groups excluding carboxylic acids is 2. The Balaban J connectivity index is 2.04. The van der Waals surface area contributed by atoms with Crippen LogP contribution in [0, 0.1) is 5.82 Å². The fourth-order valence-electron chi connectivity index (χ4n) is 4.11. The van der Waals surface area contributed by atoms with E-state index in [0.717, 1.165) is 29.3 Å². The largest absolute Gasteiger partial charge is 0.354 e. The zero-order valence-corrected chi connectivity index (χ0v) is 24.6. The molecular formula is C29H32Cl2FN3O4S. The fraction of sp³-hybridized carbons (Fsp3) is 0.310. The predicted octanol–water partition coefficient (Wildman–Crippen LogP) is 6.05. The summed E-state index contributed by atoms with van der Waals surface area (Å²) in [6, 6.07) is 16.4. The highest BCUT2D eigenvalue weighted by Gasteiger charge is 2.33. The Morgan fingerprint density at radius 2 is 1.65 bits per heavy atom. The minimum Gasteiger partial charge on any atom is -0.354 e. The second kappa shape index (κ2) is 14.5. The molecule has 11 heteroatoms. The van der Waals surface area contributed by atoms with Crippen molar-refractivity contribution in [1.29, 1.82) is 0 Å². The summed E-state index contributed by atoms with van der Waals surface area (Å²) in [7, 11) is -4.23. The van der Waals surface area contributed by atoms with Crippen LogP contribution in [0.1, 0.15) is 38.7 Å². The minimum absolute atomic E-state index is 0.0382. The maximum absolute atomic E-state index is 14.0. The number of carbonyl (C=O) groups is 2. The number of halogens is 3. The Morgan fingerprint density at radius 1 is 0.975 bits per heavy atom. The van der Waals surface area contributed by atoms with Gasteiger partial charge in [0.05, 0.1) is 10.6 Å². The van der Waals surface area contributed by atoms with Crippen LogP contribution in [0.15, 0.2) is 77.7 Å². The quantitative estimate of drug-likeness (QED) is 0.240. The summed E-state index contributed by atoms with van der Waals surface area (Å²) >= 11 is 12.5. The molecule has 1 N–H and O–H groups in total. The molecule has 0 saturated heterocycles. The van der Waals surface area contributed by atoms with E-state index in [9.17, 15) is 22.4 Å². The molecule has 40 heavy (non-hydrogen) atoms. The average molecular weight is 609 g/mol. The molecule has 0 aromatic heterocycles. The van der Waals surface area contributed by atoms with Crippen molar-refractivity contribution in [2.75, 3.05) is 17.4 Å². The molecule has 0 heterocycles. The molecule has 0 spiro atoms. The minimum atomic E-state index is -4.23. The van der Waals surface area contributed by atoms with Gasteiger partial charge in [-0.2, -0.15) is 0 Å². The van der Waals surface area contributed by atoms with E-state index < -0.39 is 34.3 Å². The van der Waals surface area contributed by atoms with Crippen LogP contribution in [-0.4, -0.2) is 44.3 Å². The number of unbranched alkanes of at least 4 members (excludes halogenated alkanes) is 1. The monoisotopic (exact) mass is 607 g/mol. The Kier molecular flexibility index (Phi) is 11.4. The normalized spacial score (nSPS) is 12.0. The second-order valence-corrected chi connectivity index (χ2v) is 11.8. The molecule has 3 rings (SSSR count). The van der Waals surface area contributed by atoms with Crippen LogP contribution in [0.2, 0.25) is 10.0 Å². The van der Waals surface area contributed by atoms with Crippen molar-refractivity contribution in [1.82, 2.24) is 10.2 Å². The summed E-state index contributed by atoms with van der Waals surface area (Å²) < 4.78 is 42.1. The summed E-state index contributed by atoms with van der Waals surface area (Å²) in [5, 5.41) is 3.58. The van der Waals surface area contributed by atoms with E-state index >= 15 is 0 Å². The number of amides is 2. The SMILES string of the molecule is CCCCNC(=O)C(CC)N(Cc1ccc(Cl)cc1Cl)C(=O)CN(c1ccc(F)cc1)S(=O)(=O)c1ccccc1. The first kappa shape index (κ1) is 31.4. The number of benzene rings is 3. The highest BCUT2D eigenvalue weighted by molar-refractivity contribution is 7.92. The van der Waals surface area contributed by atoms with Crippen LogP contribution < -0.4 is 9.62 Å². The van der Waals surface area contributed by atoms with E-state index in [4.69, 9.17) is 23.2 Å². The van der Waals surface area contributed by atoms with Gasteiger partial charge in [-0.05, 0) is 66.9 Å². The Bertz CT molecular complexity index is 1410. The van der Waals surface area contributed by atoms with Gasteiger partial charge in [-0.15, -0.1) is 0 Å². The van der Waals surface area contributed by atoms with E-state index in [0.29, 0.717) is 22.2 Å². The van der Waals surface area contributed by atoms with Crippen LogP contribution in [0.25, 0.3) is 0 Å². The van der Waals surface area contributed by atoms with Gasteiger partial charge in [0.1, 0.15) is 18.4 Å². The second-order valence-electron chi connectivity index (χ2n) is 9.13. The molecule has 0 aliphatic carbocycles. The highest BCUT2D eigenvalue weighted by Crippen LogP contribution is 2.27. The molecule has 0 radical (unpaired) electrons. The van der Waals surface area contributed by atoms with Crippen molar-refractivity contribution in [3.05, 3.63) is 94.2 Å². The molecule has 0 bridgehead atoms. The van der Waals surface area contributed by atoms with Gasteiger partial charge >= 0.3 is 0 Å². The first-order valence-electron chi connectivity index (χ1n) is 12.9. The van der Waals surface area contributed by atoms with Crippen LogP contribution in [0.4, 0.5) is 10.1 Å². The molecule has 3 aromatic carbocycles. The van der Waals surface area contributed by atoms with Crippen molar-refractivity contribution in [3.8, 4) is 0 Å². The van der Waals surface area contributed by atoms with Gasteiger partial charge in [0.25, 0.3) is 10.0 Å². The summed E-state index contributed by atoms with van der Waals surface area (Å²) in [6.45, 7) is 3.52. The number of nitrogens with one attached hydrogen (secondary N) is 1. The molecular weight excluding hydrogens is 576 g/mol. The van der Waals surface area contributed by atoms with Gasteiger partial charge in [-0.3, -0.25) is 13.9 Å². The van der Waals surface area contributed by atoms with Gasteiger partial charge in [0.15, 0.2) is 0 Å². The zero-order chi connectivity index (χ0) is 29.3. The Labute approximate surface area is 244 Å². The molecule has 214 valence electrons. The lowest BCUT2D eigenvalue weighted by molar-refractivity contribution is -0.140. The van der Waals surface area contributed by atoms with Crippen LogP contribution in [-0.2, 0) is 26.2 Å². The van der Waals surface area contributed by atoms with Crippen molar-refractivity contribution < 1.29 is 22.4 Å². The number of anilines is 1. The summed E-state index contributed by atoms with van der Waals surface area (Å²) in [5.41, 5.74) is 0.641. The Hall–Kier alpha value is -3.14. The topological polar surface area (TPSA) is 86.8 Å². The van der Waals surface area contributed by atoms with E-state index in [1.807, 2.05) is 6.92 Å². The summed E-state index contributed by atoms with van der Waals surface area (Å²) in [6.07, 6.45) is 1.92. The molecule has 0 fully saturated rings. The van der Waals surface area contributed by atoms with Crippen molar-refractivity contribution >= 4 is 50.7 Å². The third-order valence-electron chi connectivity index (χ3n) is 6.30.